The third-order valence-electron chi connectivity index (χ3n) is 5.46. The van der Waals surface area contributed by atoms with E-state index in [1.807, 2.05) is 19.9 Å². The second kappa shape index (κ2) is 12.3. The van der Waals surface area contributed by atoms with Gasteiger partial charge in [-0.05, 0) is 55.2 Å². The van der Waals surface area contributed by atoms with Crippen molar-refractivity contribution in [3.63, 3.8) is 0 Å². The number of halogens is 1. The molecule has 1 atom stereocenters. The molecule has 1 N–H and O–H groups in total. The third kappa shape index (κ3) is 8.14. The fourth-order valence-corrected chi connectivity index (χ4v) is 4.51. The molecule has 192 valence electrons. The van der Waals surface area contributed by atoms with Crippen molar-refractivity contribution in [3.05, 3.63) is 58.6 Å². The van der Waals surface area contributed by atoms with Gasteiger partial charge in [-0.15, -0.1) is 0 Å². The van der Waals surface area contributed by atoms with Crippen LogP contribution >= 0.6 is 11.6 Å². The van der Waals surface area contributed by atoms with Crippen molar-refractivity contribution in [2.45, 2.75) is 40.3 Å². The summed E-state index contributed by atoms with van der Waals surface area (Å²) in [5, 5.41) is 3.20. The Bertz CT molecular complexity index is 1150. The minimum atomic E-state index is -3.83. The quantitative estimate of drug-likeness (QED) is 0.485. The first-order chi connectivity index (χ1) is 16.3. The van der Waals surface area contributed by atoms with Gasteiger partial charge in [-0.1, -0.05) is 43.6 Å². The Morgan fingerprint density at radius 2 is 1.80 bits per heavy atom. The summed E-state index contributed by atoms with van der Waals surface area (Å²) in [5.74, 6) is 0.00366. The van der Waals surface area contributed by atoms with Crippen LogP contribution in [0.3, 0.4) is 0 Å². The van der Waals surface area contributed by atoms with Gasteiger partial charge >= 0.3 is 0 Å². The highest BCUT2D eigenvalue weighted by Gasteiger charge is 2.30. The van der Waals surface area contributed by atoms with Gasteiger partial charge < -0.3 is 15.0 Å². The van der Waals surface area contributed by atoms with E-state index in [1.54, 1.807) is 51.3 Å². The largest absolute Gasteiger partial charge is 0.497 e. The van der Waals surface area contributed by atoms with Crippen molar-refractivity contribution in [1.82, 2.24) is 10.2 Å². The van der Waals surface area contributed by atoms with E-state index in [9.17, 15) is 18.0 Å². The zero-order valence-electron chi connectivity index (χ0n) is 21.0. The summed E-state index contributed by atoms with van der Waals surface area (Å²) in [6.45, 7) is 7.39. The number of amides is 2. The number of carbonyl (C=O) groups excluding carboxylic acids is 2. The molecule has 1 unspecified atom stereocenters. The Kier molecular flexibility index (Phi) is 9.97. The number of ether oxygens (including phenoxy) is 1. The van der Waals surface area contributed by atoms with E-state index < -0.39 is 28.5 Å². The Morgan fingerprint density at radius 3 is 2.40 bits per heavy atom. The Morgan fingerprint density at radius 1 is 1.11 bits per heavy atom. The molecule has 0 saturated carbocycles. The highest BCUT2D eigenvalue weighted by molar-refractivity contribution is 7.92. The fraction of sp³-hybridized carbons (Fsp3) is 0.440. The van der Waals surface area contributed by atoms with Crippen molar-refractivity contribution in [1.29, 1.82) is 0 Å². The molecule has 10 heteroatoms. The predicted octanol–water partition coefficient (Wildman–Crippen LogP) is 3.61. The van der Waals surface area contributed by atoms with E-state index in [2.05, 4.69) is 5.32 Å². The average Bonchev–Trinajstić information content (AvgIpc) is 2.79. The highest BCUT2D eigenvalue weighted by atomic mass is 35.5. The van der Waals surface area contributed by atoms with Gasteiger partial charge in [-0.25, -0.2) is 8.42 Å². The lowest BCUT2D eigenvalue weighted by Crippen LogP contribution is -2.51. The van der Waals surface area contributed by atoms with E-state index in [0.717, 1.165) is 16.1 Å². The minimum Gasteiger partial charge on any atom is -0.497 e. The van der Waals surface area contributed by atoms with Gasteiger partial charge in [-0.3, -0.25) is 13.9 Å². The van der Waals surface area contributed by atoms with Gasteiger partial charge in [-0.2, -0.15) is 0 Å². The van der Waals surface area contributed by atoms with Crippen LogP contribution in [0.5, 0.6) is 5.75 Å². The summed E-state index contributed by atoms with van der Waals surface area (Å²) in [6.07, 6.45) is 1.03. The first-order valence-electron chi connectivity index (χ1n) is 11.3. The number of benzene rings is 2. The smallest absolute Gasteiger partial charge is 0.244 e. The van der Waals surface area contributed by atoms with Crippen molar-refractivity contribution in [2.24, 2.45) is 5.92 Å². The minimum absolute atomic E-state index is 0.0957. The first-order valence-corrected chi connectivity index (χ1v) is 13.5. The van der Waals surface area contributed by atoms with Gasteiger partial charge in [0, 0.05) is 18.1 Å². The lowest BCUT2D eigenvalue weighted by molar-refractivity contribution is -0.139. The Hall–Kier alpha value is -2.78. The van der Waals surface area contributed by atoms with Gasteiger partial charge in [0.2, 0.25) is 21.8 Å². The van der Waals surface area contributed by atoms with Gasteiger partial charge in [0.15, 0.2) is 0 Å². The number of rotatable bonds is 11. The fourth-order valence-electron chi connectivity index (χ4n) is 3.45. The molecule has 2 aromatic rings. The van der Waals surface area contributed by atoms with Crippen molar-refractivity contribution >= 4 is 39.1 Å². The molecule has 0 bridgehead atoms. The maximum atomic E-state index is 13.6. The lowest BCUT2D eigenvalue weighted by atomic mass is 10.1. The summed E-state index contributed by atoms with van der Waals surface area (Å²) in [7, 11) is -2.29. The van der Waals surface area contributed by atoms with Crippen LogP contribution in [0, 0.1) is 12.8 Å². The summed E-state index contributed by atoms with van der Waals surface area (Å²) in [6, 6.07) is 11.2. The number of nitrogens with one attached hydrogen (secondary N) is 1. The molecule has 2 aromatic carbocycles. The Labute approximate surface area is 213 Å². The number of aryl methyl sites for hydroxylation is 1. The van der Waals surface area contributed by atoms with Crippen LogP contribution in [-0.2, 0) is 26.2 Å². The maximum absolute atomic E-state index is 13.6. The van der Waals surface area contributed by atoms with Crippen LogP contribution in [0.25, 0.3) is 0 Å². The van der Waals surface area contributed by atoms with Crippen LogP contribution < -0.4 is 14.4 Å². The number of methoxy groups -OCH3 is 1. The molecule has 0 spiro atoms. The van der Waals surface area contributed by atoms with Crippen molar-refractivity contribution in [3.8, 4) is 5.75 Å². The number of sulfonamides is 1. The van der Waals surface area contributed by atoms with Crippen LogP contribution in [0.15, 0.2) is 42.5 Å². The molecule has 2 amide bonds. The highest BCUT2D eigenvalue weighted by Crippen LogP contribution is 2.27. The number of hydrogen-bond acceptors (Lipinski definition) is 5. The summed E-state index contributed by atoms with van der Waals surface area (Å²) in [5.41, 5.74) is 1.70. The summed E-state index contributed by atoms with van der Waals surface area (Å²) < 4.78 is 31.7. The van der Waals surface area contributed by atoms with Crippen molar-refractivity contribution in [2.75, 3.05) is 30.8 Å². The standard InChI is InChI=1S/C25H34ClN3O5S/c1-17(2)14-27-25(31)19(4)28(15-20-8-7-9-22(12-20)34-5)24(30)16-29(35(6,32)33)23-13-21(26)11-10-18(23)3/h7-13,17,19H,14-16H2,1-6H3,(H,27,31). The first kappa shape index (κ1) is 28.5. The topological polar surface area (TPSA) is 96.0 Å². The van der Waals surface area contributed by atoms with Crippen LogP contribution in [0.1, 0.15) is 31.9 Å². The number of anilines is 1. The molecule has 2 rings (SSSR count). The normalized spacial score (nSPS) is 12.2. The van der Waals surface area contributed by atoms with E-state index in [1.165, 1.54) is 11.0 Å². The molecular formula is C25H34ClN3O5S. The Balaban J connectivity index is 2.43. The van der Waals surface area contributed by atoms with E-state index in [4.69, 9.17) is 16.3 Å². The zero-order chi connectivity index (χ0) is 26.3. The van der Waals surface area contributed by atoms with Gasteiger partial charge in [0.1, 0.15) is 18.3 Å². The third-order valence-corrected chi connectivity index (χ3v) is 6.82. The average molecular weight is 524 g/mol. The zero-order valence-corrected chi connectivity index (χ0v) is 22.6. The molecule has 0 radical (unpaired) electrons. The molecule has 0 aliphatic heterocycles. The van der Waals surface area contributed by atoms with Crippen LogP contribution in [0.2, 0.25) is 5.02 Å². The molecule has 0 aromatic heterocycles. The monoisotopic (exact) mass is 523 g/mol. The SMILES string of the molecule is COc1cccc(CN(C(=O)CN(c2cc(Cl)ccc2C)S(C)(=O)=O)C(C)C(=O)NCC(C)C)c1. The summed E-state index contributed by atoms with van der Waals surface area (Å²) >= 11 is 6.12. The molecule has 0 saturated heterocycles. The molecule has 0 aliphatic rings. The number of hydrogen-bond donors (Lipinski definition) is 1. The van der Waals surface area contributed by atoms with Crippen LogP contribution in [0.4, 0.5) is 5.69 Å². The van der Waals surface area contributed by atoms with E-state index in [-0.39, 0.29) is 18.4 Å². The maximum Gasteiger partial charge on any atom is 0.244 e. The summed E-state index contributed by atoms with van der Waals surface area (Å²) in [4.78, 5) is 27.8. The second-order valence-electron chi connectivity index (χ2n) is 8.89. The van der Waals surface area contributed by atoms with Gasteiger partial charge in [0.05, 0.1) is 19.1 Å². The molecule has 0 aliphatic carbocycles. The molecule has 0 fully saturated rings. The number of carbonyl (C=O) groups is 2. The predicted molar refractivity (Wildman–Crippen MR) is 139 cm³/mol. The molecule has 0 heterocycles. The van der Waals surface area contributed by atoms with Gasteiger partial charge in [0.25, 0.3) is 0 Å². The molecule has 35 heavy (non-hydrogen) atoms. The molecule has 8 nitrogen and oxygen atoms in total. The number of nitrogens with zero attached hydrogens (tertiary/aromatic N) is 2. The lowest BCUT2D eigenvalue weighted by Gasteiger charge is -2.32. The molecular weight excluding hydrogens is 490 g/mol. The van der Waals surface area contributed by atoms with Crippen molar-refractivity contribution < 1.29 is 22.7 Å². The van der Waals surface area contributed by atoms with E-state index >= 15 is 0 Å². The second-order valence-corrected chi connectivity index (χ2v) is 11.2. The van der Waals surface area contributed by atoms with E-state index in [0.29, 0.717) is 28.6 Å². The van der Waals surface area contributed by atoms with Crippen LogP contribution in [-0.4, -0.2) is 57.6 Å².